The van der Waals surface area contributed by atoms with E-state index in [1.54, 1.807) is 12.1 Å². The number of anilines is 1. The molecule has 4 rings (SSSR count). The molecule has 0 saturated carbocycles. The first kappa shape index (κ1) is 20.8. The molecule has 1 aromatic carbocycles. The number of carbonyl (C=O) groups is 3. The van der Waals surface area contributed by atoms with Crippen LogP contribution in [0.15, 0.2) is 18.2 Å². The van der Waals surface area contributed by atoms with Crippen LogP contribution in [0.4, 0.5) is 10.5 Å². The zero-order valence-electron chi connectivity index (χ0n) is 17.4. The molecule has 8 heteroatoms. The Morgan fingerprint density at radius 2 is 2.00 bits per heavy atom. The maximum Gasteiger partial charge on any atom is 0.328 e. The fourth-order valence-corrected chi connectivity index (χ4v) is 4.65. The van der Waals surface area contributed by atoms with Crippen molar-refractivity contribution in [3.63, 3.8) is 0 Å². The Morgan fingerprint density at radius 3 is 2.63 bits per heavy atom. The Balaban J connectivity index is 1.43. The predicted octanol–water partition coefficient (Wildman–Crippen LogP) is 1.84. The number of aliphatic hydroxyl groups is 1. The highest BCUT2D eigenvalue weighted by Crippen LogP contribution is 2.40. The molecule has 0 radical (unpaired) electrons. The smallest absolute Gasteiger partial charge is 0.328 e. The van der Waals surface area contributed by atoms with Crippen LogP contribution in [0.1, 0.15) is 48.0 Å². The summed E-state index contributed by atoms with van der Waals surface area (Å²) >= 11 is 0. The number of amides is 4. The number of hydrogen-bond donors (Lipinski definition) is 2. The summed E-state index contributed by atoms with van der Waals surface area (Å²) < 4.78 is 5.79. The Bertz CT molecular complexity index is 837. The number of carbonyl (C=O) groups excluding carboxylic acids is 3. The number of ether oxygens (including phenoxy) is 1. The zero-order chi connectivity index (χ0) is 21.3. The van der Waals surface area contributed by atoms with Crippen molar-refractivity contribution in [2.24, 2.45) is 5.41 Å². The SMILES string of the molecule is Cc1ccc(C(=O)N2CCC3(CCC(CO)OC3)CC2)cc1N1CCC(=O)NC1=O. The van der Waals surface area contributed by atoms with Crippen LogP contribution in [-0.2, 0) is 9.53 Å². The fourth-order valence-electron chi connectivity index (χ4n) is 4.65. The number of rotatable bonds is 3. The Kier molecular flexibility index (Phi) is 5.79. The van der Waals surface area contributed by atoms with Crippen LogP contribution in [0.25, 0.3) is 0 Å². The van der Waals surface area contributed by atoms with Gasteiger partial charge in [-0.05, 0) is 55.7 Å². The number of aliphatic hydroxyl groups excluding tert-OH is 1. The molecule has 8 nitrogen and oxygen atoms in total. The number of imide groups is 1. The summed E-state index contributed by atoms with van der Waals surface area (Å²) in [6.07, 6.45) is 3.88. The highest BCUT2D eigenvalue weighted by molar-refractivity contribution is 6.06. The molecule has 4 amide bonds. The van der Waals surface area contributed by atoms with Gasteiger partial charge in [0.1, 0.15) is 0 Å². The van der Waals surface area contributed by atoms with Crippen LogP contribution in [0.2, 0.25) is 0 Å². The molecule has 2 N–H and O–H groups in total. The Hall–Kier alpha value is -2.45. The van der Waals surface area contributed by atoms with E-state index in [1.165, 1.54) is 4.90 Å². The second kappa shape index (κ2) is 8.35. The summed E-state index contributed by atoms with van der Waals surface area (Å²) in [5, 5.41) is 11.6. The van der Waals surface area contributed by atoms with E-state index >= 15 is 0 Å². The summed E-state index contributed by atoms with van der Waals surface area (Å²) in [6.45, 7) is 4.27. The molecule has 0 aromatic heterocycles. The first-order valence-electron chi connectivity index (χ1n) is 10.6. The van der Waals surface area contributed by atoms with E-state index in [1.807, 2.05) is 17.9 Å². The van der Waals surface area contributed by atoms with E-state index in [4.69, 9.17) is 4.74 Å². The lowest BCUT2D eigenvalue weighted by Gasteiger charge is -2.45. The first-order valence-corrected chi connectivity index (χ1v) is 10.6. The normalized spacial score (nSPS) is 24.1. The molecule has 3 fully saturated rings. The number of hydrogen-bond acceptors (Lipinski definition) is 5. The molecule has 3 heterocycles. The van der Waals surface area contributed by atoms with Gasteiger partial charge in [0.2, 0.25) is 5.91 Å². The molecule has 1 spiro atoms. The molecule has 3 aliphatic heterocycles. The van der Waals surface area contributed by atoms with Crippen molar-refractivity contribution in [2.75, 3.05) is 37.7 Å². The van der Waals surface area contributed by atoms with Crippen molar-refractivity contribution in [3.8, 4) is 0 Å². The second-order valence-corrected chi connectivity index (χ2v) is 8.70. The average molecular weight is 415 g/mol. The highest BCUT2D eigenvalue weighted by Gasteiger charge is 2.40. The predicted molar refractivity (Wildman–Crippen MR) is 110 cm³/mol. The molecule has 0 aliphatic carbocycles. The molecule has 1 unspecified atom stereocenters. The van der Waals surface area contributed by atoms with Gasteiger partial charge in [-0.3, -0.25) is 19.8 Å². The van der Waals surface area contributed by atoms with Gasteiger partial charge in [0.25, 0.3) is 5.91 Å². The van der Waals surface area contributed by atoms with E-state index < -0.39 is 6.03 Å². The molecule has 3 saturated heterocycles. The van der Waals surface area contributed by atoms with E-state index in [0.717, 1.165) is 31.2 Å². The maximum absolute atomic E-state index is 13.1. The van der Waals surface area contributed by atoms with Gasteiger partial charge in [-0.15, -0.1) is 0 Å². The maximum atomic E-state index is 13.1. The summed E-state index contributed by atoms with van der Waals surface area (Å²) in [7, 11) is 0. The van der Waals surface area contributed by atoms with E-state index in [9.17, 15) is 19.5 Å². The van der Waals surface area contributed by atoms with Gasteiger partial charge in [-0.1, -0.05) is 6.07 Å². The van der Waals surface area contributed by atoms with Crippen molar-refractivity contribution in [1.82, 2.24) is 10.2 Å². The molecule has 1 atom stereocenters. The Labute approximate surface area is 176 Å². The van der Waals surface area contributed by atoms with Gasteiger partial charge in [0.15, 0.2) is 0 Å². The van der Waals surface area contributed by atoms with Crippen LogP contribution >= 0.6 is 0 Å². The van der Waals surface area contributed by atoms with E-state index in [-0.39, 0.29) is 36.4 Å². The van der Waals surface area contributed by atoms with Crippen molar-refractivity contribution in [1.29, 1.82) is 0 Å². The van der Waals surface area contributed by atoms with Gasteiger partial charge in [0.05, 0.1) is 19.3 Å². The lowest BCUT2D eigenvalue weighted by molar-refractivity contribution is -0.120. The number of nitrogens with one attached hydrogen (secondary N) is 1. The highest BCUT2D eigenvalue weighted by atomic mass is 16.5. The molecule has 1 aromatic rings. The number of piperidine rings is 1. The zero-order valence-corrected chi connectivity index (χ0v) is 17.4. The lowest BCUT2D eigenvalue weighted by Crippen LogP contribution is -2.50. The van der Waals surface area contributed by atoms with E-state index in [2.05, 4.69) is 5.32 Å². The molecule has 162 valence electrons. The molecule has 30 heavy (non-hydrogen) atoms. The minimum absolute atomic E-state index is 0.0374. The number of aryl methyl sites for hydroxylation is 1. The minimum atomic E-state index is -0.447. The van der Waals surface area contributed by atoms with Gasteiger partial charge < -0.3 is 14.7 Å². The summed E-state index contributed by atoms with van der Waals surface area (Å²) in [4.78, 5) is 40.2. The summed E-state index contributed by atoms with van der Waals surface area (Å²) in [5.74, 6) is -0.315. The lowest BCUT2D eigenvalue weighted by atomic mass is 9.73. The van der Waals surface area contributed by atoms with Crippen LogP contribution in [-0.4, -0.2) is 66.8 Å². The van der Waals surface area contributed by atoms with Crippen LogP contribution in [0.3, 0.4) is 0 Å². The fraction of sp³-hybridized carbons (Fsp3) is 0.591. The summed E-state index contributed by atoms with van der Waals surface area (Å²) in [6, 6.07) is 4.96. The molecule has 0 bridgehead atoms. The van der Waals surface area contributed by atoms with Crippen molar-refractivity contribution < 1.29 is 24.2 Å². The van der Waals surface area contributed by atoms with Crippen LogP contribution in [0.5, 0.6) is 0 Å². The number of likely N-dealkylation sites (tertiary alicyclic amines) is 1. The standard InChI is InChI=1S/C22H29N3O5/c1-15-2-3-16(12-18(15)25-9-5-19(27)23-21(25)29)20(28)24-10-7-22(8-11-24)6-4-17(13-26)30-14-22/h2-3,12,17,26H,4-11,13-14H2,1H3,(H,23,27,29). The minimum Gasteiger partial charge on any atom is -0.394 e. The third kappa shape index (κ3) is 4.06. The van der Waals surface area contributed by atoms with Crippen molar-refractivity contribution in [2.45, 2.75) is 45.1 Å². The topological polar surface area (TPSA) is 99.2 Å². The number of benzene rings is 1. The molecular formula is C22H29N3O5. The van der Waals surface area contributed by atoms with Gasteiger partial charge in [-0.25, -0.2) is 4.79 Å². The first-order chi connectivity index (χ1) is 14.4. The third-order valence-corrected chi connectivity index (χ3v) is 6.74. The van der Waals surface area contributed by atoms with Gasteiger partial charge in [0, 0.05) is 37.3 Å². The monoisotopic (exact) mass is 415 g/mol. The van der Waals surface area contributed by atoms with Crippen molar-refractivity contribution >= 4 is 23.5 Å². The Morgan fingerprint density at radius 1 is 1.23 bits per heavy atom. The van der Waals surface area contributed by atoms with Crippen molar-refractivity contribution in [3.05, 3.63) is 29.3 Å². The van der Waals surface area contributed by atoms with Gasteiger partial charge >= 0.3 is 6.03 Å². The van der Waals surface area contributed by atoms with Crippen LogP contribution < -0.4 is 10.2 Å². The van der Waals surface area contributed by atoms with E-state index in [0.29, 0.717) is 37.5 Å². The van der Waals surface area contributed by atoms with Crippen LogP contribution in [0, 0.1) is 12.3 Å². The quantitative estimate of drug-likeness (QED) is 0.785. The third-order valence-electron chi connectivity index (χ3n) is 6.74. The average Bonchev–Trinajstić information content (AvgIpc) is 2.75. The number of urea groups is 1. The second-order valence-electron chi connectivity index (χ2n) is 8.70. The number of nitrogens with zero attached hydrogens (tertiary/aromatic N) is 2. The van der Waals surface area contributed by atoms with Gasteiger partial charge in [-0.2, -0.15) is 0 Å². The molecule has 3 aliphatic rings. The molecular weight excluding hydrogens is 386 g/mol. The summed E-state index contributed by atoms with van der Waals surface area (Å²) in [5.41, 5.74) is 2.21. The largest absolute Gasteiger partial charge is 0.394 e.